The fourth-order valence-electron chi connectivity index (χ4n) is 38.1. The Morgan fingerprint density at radius 3 is 0.878 bits per heavy atom. The van der Waals surface area contributed by atoms with Crippen LogP contribution in [0.3, 0.4) is 0 Å². The number of methoxy groups -OCH3 is 1. The van der Waals surface area contributed by atoms with Crippen LogP contribution in [0.2, 0.25) is 0 Å². The summed E-state index contributed by atoms with van der Waals surface area (Å²) < 4.78 is 10.7. The fourth-order valence-corrected chi connectivity index (χ4v) is 38.1. The fraction of sp³-hybridized carbons (Fsp3) is 0.690. The zero-order valence-corrected chi connectivity index (χ0v) is 94.8. The van der Waals surface area contributed by atoms with Crippen LogP contribution in [0.25, 0.3) is 0 Å². The highest BCUT2D eigenvalue weighted by Crippen LogP contribution is 2.82. The van der Waals surface area contributed by atoms with Gasteiger partial charge in [-0.15, -0.1) is 0 Å². The molecule has 0 aromatic carbocycles. The number of hydrogen-bond donors (Lipinski definition) is 5. The first-order valence-corrected chi connectivity index (χ1v) is 57.0. The minimum absolute atomic E-state index is 0.00213. The topological polar surface area (TPSA) is 258 Å². The summed E-state index contributed by atoms with van der Waals surface area (Å²) in [6.45, 7) is 61.3. The lowest BCUT2D eigenvalue weighted by molar-refractivity contribution is -0.176. The minimum atomic E-state index is -0.369. The number of ether oxygens (including phenoxy) is 2. The highest BCUT2D eigenvalue weighted by molar-refractivity contribution is 6.09. The van der Waals surface area contributed by atoms with Crippen LogP contribution in [0.4, 0.5) is 0 Å². The Balaban J connectivity index is 0.000000124. The Morgan fingerprint density at radius 1 is 0.347 bits per heavy atom. The molecule has 18 nitrogen and oxygen atoms in total. The molecule has 18 heteroatoms. The van der Waals surface area contributed by atoms with E-state index in [9.17, 15) is 58.8 Å². The van der Waals surface area contributed by atoms with Crippen molar-refractivity contribution >= 4 is 46.8 Å². The van der Waals surface area contributed by atoms with Gasteiger partial charge in [0.15, 0.2) is 23.0 Å². The van der Waals surface area contributed by atoms with Gasteiger partial charge in [-0.1, -0.05) is 209 Å². The van der Waals surface area contributed by atoms with Crippen molar-refractivity contribution < 1.29 is 68.3 Å². The van der Waals surface area contributed by atoms with Crippen molar-refractivity contribution in [2.75, 3.05) is 73.7 Å². The molecule has 2 saturated heterocycles. The number of amides is 4. The van der Waals surface area contributed by atoms with Gasteiger partial charge in [-0.3, -0.25) is 38.4 Å². The first-order valence-electron chi connectivity index (χ1n) is 57.0. The lowest BCUT2D eigenvalue weighted by atomic mass is 9.34. The van der Waals surface area contributed by atoms with E-state index in [1.165, 1.54) is 41.6 Å². The molecule has 147 heavy (non-hydrogen) atoms. The number of ketones is 4. The van der Waals surface area contributed by atoms with Crippen LogP contribution in [-0.2, 0) is 47.8 Å². The first kappa shape index (κ1) is 107. The molecule has 0 unspecified atom stereocenters. The number of rotatable bonds is 7. The molecule has 798 valence electrons. The molecule has 4 amide bonds. The first-order chi connectivity index (χ1) is 68.5. The van der Waals surface area contributed by atoms with Crippen LogP contribution >= 0.6 is 0 Å². The Hall–Kier alpha value is -8.48. The van der Waals surface area contributed by atoms with E-state index in [0.29, 0.717) is 97.2 Å². The molecule has 2 aliphatic heterocycles. The van der Waals surface area contributed by atoms with E-state index in [1.807, 2.05) is 41.8 Å². The summed E-state index contributed by atoms with van der Waals surface area (Å²) >= 11 is 0. The van der Waals surface area contributed by atoms with Crippen LogP contribution in [0.1, 0.15) is 359 Å². The highest BCUT2D eigenvalue weighted by atomic mass is 16.5. The number of nitrogens with one attached hydrogen (secondary N) is 1. The Morgan fingerprint density at radius 2 is 0.599 bits per heavy atom. The predicted molar refractivity (Wildman–Crippen MR) is 581 cm³/mol. The molecule has 0 aromatic heterocycles. The van der Waals surface area contributed by atoms with Crippen molar-refractivity contribution in [3.8, 4) is 0 Å². The summed E-state index contributed by atoms with van der Waals surface area (Å²) in [6, 6.07) is 0. The molecule has 22 rings (SSSR count). The third-order valence-electron chi connectivity index (χ3n) is 49.3. The standard InChI is InChI=1S/C33H45NO4.C33H45NO3.C32H45NO4.C31H43NO3/c1-21-22-7-8-25-31(4,23(22)19-24(35)27(21)36)12-14-33(6)26-20-30(3,28(37)34-15-17-38-18-16-34)10-9-29(26,2)11-13-32(25,33)5;1-21-22-9-10-25-31(4,23(22)19-24(35)27(21)36)14-16-33(6)26-20-30(3,28(37)34-17-7-8-18-34)12-11-29(26,2)13-15-32(25,33)5;1-20-21-8-9-24-30(4,22(21)18-23(34)26(20)35)13-15-32(6)25-19-29(3,27(36)33-16-17-37-7)11-10-28(25,2)12-14-31(24,32)5;1-19-20-9-10-23-29(4,21(20)17-22(33)25(19)34)14-16-31(6)24-18-28(3,26(35)32(7)8)12-11-27(24,2)13-15-30(23,31)5/h7-8,19,26,36H,9-18,20H2,1-6H3;9-10,19,26,36H,7-8,11-18,20H2,1-6H3;8-9,18,25,35H,10-17,19H2,1-7H3,(H,33,36);9-10,17,24,34H,11-16,18H2,1-8H3/t2*26-,29-,30-,31+,32-,33+;25-,28-,29-,30+,31-,32+;24-,27-,28-,29+,30-,31+/m1111/s1. The number of allylic oxidation sites excluding steroid dienone is 28. The van der Waals surface area contributed by atoms with E-state index in [1.54, 1.807) is 36.3 Å². The average Bonchev–Trinajstić information content (AvgIpc) is 0.751. The zero-order chi connectivity index (χ0) is 107. The molecular formula is C129H178N4O14. The number of hydrogen-bond acceptors (Lipinski definition) is 14. The van der Waals surface area contributed by atoms with E-state index >= 15 is 0 Å². The number of aliphatic hydroxyl groups excluding tert-OH is 4. The van der Waals surface area contributed by atoms with Gasteiger partial charge in [0, 0.05) is 120 Å². The predicted octanol–water partition coefficient (Wildman–Crippen LogP) is 26.8. The van der Waals surface area contributed by atoms with Crippen molar-refractivity contribution in [1.29, 1.82) is 0 Å². The lowest BCUT2D eigenvalue weighted by Crippen LogP contribution is -2.63. The van der Waals surface area contributed by atoms with Crippen LogP contribution in [0.5, 0.6) is 0 Å². The summed E-state index contributed by atoms with van der Waals surface area (Å²) in [4.78, 5) is 111. The summed E-state index contributed by atoms with van der Waals surface area (Å²) in [5.74, 6) is 1.50. The molecule has 12 saturated carbocycles. The molecular weight excluding hydrogens is 1830 g/mol. The normalized spacial score (nSPS) is 44.4. The molecule has 24 atom stereocenters. The second-order valence-electron chi connectivity index (χ2n) is 56.8. The van der Waals surface area contributed by atoms with Gasteiger partial charge in [-0.2, -0.15) is 0 Å². The monoisotopic (exact) mass is 2010 g/mol. The second kappa shape index (κ2) is 35.3. The van der Waals surface area contributed by atoms with Crippen molar-refractivity contribution in [2.45, 2.75) is 359 Å². The van der Waals surface area contributed by atoms with Crippen LogP contribution in [-0.4, -0.2) is 156 Å². The van der Waals surface area contributed by atoms with Crippen molar-refractivity contribution in [1.82, 2.24) is 20.0 Å². The third kappa shape index (κ3) is 15.2. The molecule has 20 aliphatic carbocycles. The van der Waals surface area contributed by atoms with E-state index < -0.39 is 0 Å². The van der Waals surface area contributed by atoms with E-state index in [4.69, 9.17) is 9.47 Å². The molecule has 0 spiro atoms. The van der Waals surface area contributed by atoms with Gasteiger partial charge >= 0.3 is 0 Å². The zero-order valence-electron chi connectivity index (χ0n) is 94.8. The molecule has 22 aliphatic rings. The maximum absolute atomic E-state index is 13.9. The number of aliphatic hydroxyl groups is 4. The number of morpholine rings is 1. The van der Waals surface area contributed by atoms with Gasteiger partial charge in [0.1, 0.15) is 0 Å². The molecule has 0 radical (unpaired) electrons. The highest BCUT2D eigenvalue weighted by Gasteiger charge is 2.74. The number of carbonyl (C=O) groups is 8. The van der Waals surface area contributed by atoms with Gasteiger partial charge in [-0.25, -0.2) is 0 Å². The molecule has 5 N–H and O–H groups in total. The number of fused-ring (bicyclic) bond motifs is 28. The van der Waals surface area contributed by atoms with E-state index in [-0.39, 0.29) is 166 Å². The van der Waals surface area contributed by atoms with E-state index in [2.05, 4.69) is 202 Å². The minimum Gasteiger partial charge on any atom is -0.504 e. The average molecular weight is 2010 g/mol. The number of nitrogens with zero attached hydrogens (tertiary/aromatic N) is 3. The second-order valence-corrected chi connectivity index (χ2v) is 56.8. The number of likely N-dealkylation sites (tertiary alicyclic amines) is 1. The smallest absolute Gasteiger partial charge is 0.228 e. The van der Waals surface area contributed by atoms with Crippen molar-refractivity contribution in [3.05, 3.63) is 185 Å². The van der Waals surface area contributed by atoms with E-state index in [0.717, 1.165) is 231 Å². The van der Waals surface area contributed by atoms with Crippen molar-refractivity contribution in [3.63, 3.8) is 0 Å². The van der Waals surface area contributed by atoms with Gasteiger partial charge in [0.2, 0.25) is 46.8 Å². The molecule has 0 aromatic rings. The van der Waals surface area contributed by atoms with Crippen molar-refractivity contribution in [2.24, 2.45) is 132 Å². The quantitative estimate of drug-likeness (QED) is 0.149. The van der Waals surface area contributed by atoms with Crippen LogP contribution in [0.15, 0.2) is 185 Å². The Kier molecular flexibility index (Phi) is 25.7. The molecule has 0 bridgehead atoms. The van der Waals surface area contributed by atoms with Crippen LogP contribution in [0, 0.1) is 132 Å². The molecule has 2 heterocycles. The largest absolute Gasteiger partial charge is 0.504 e. The van der Waals surface area contributed by atoms with Gasteiger partial charge in [0.05, 0.1) is 19.8 Å². The summed E-state index contributed by atoms with van der Waals surface area (Å²) in [6.07, 6.45) is 56.7. The number of carbonyl (C=O) groups excluding carboxylic acids is 8. The maximum Gasteiger partial charge on any atom is 0.228 e. The van der Waals surface area contributed by atoms with Gasteiger partial charge in [0.25, 0.3) is 0 Å². The Labute approximate surface area is 879 Å². The summed E-state index contributed by atoms with van der Waals surface area (Å²) in [5.41, 5.74) is 16.1. The third-order valence-corrected chi connectivity index (χ3v) is 49.3. The summed E-state index contributed by atoms with van der Waals surface area (Å²) in [5, 5.41) is 44.6. The van der Waals surface area contributed by atoms with Crippen LogP contribution < -0.4 is 5.32 Å². The molecule has 14 fully saturated rings. The summed E-state index contributed by atoms with van der Waals surface area (Å²) in [7, 11) is 5.45. The van der Waals surface area contributed by atoms with Gasteiger partial charge in [-0.05, 0) is 378 Å². The van der Waals surface area contributed by atoms with Gasteiger partial charge < -0.3 is 49.9 Å². The Bertz CT molecular complexity index is 6260. The SMILES string of the molecule is CC1=C(O)C(=O)C=C2C1=CC=C1[C@@]2(C)CC[C@@]2(C)[C@@H]3C[C@](C)(C(=O)N(C)C)CC[C@]3(C)CC[C@]12C.CC1=C(O)C(=O)C=C2C1=CC=C1[C@@]2(C)CC[C@@]2(C)[C@@H]3C[C@](C)(C(=O)N4CCCC4)CC[C@]3(C)CC[C@]12C.CC1=C(O)C(=O)C=C2C1=CC=C1[C@@]2(C)CC[C@@]2(C)[C@@H]3C[C@](C)(C(=O)N4CCOCC4)CC[C@]3(C)CC[C@]12C.COCCNC(=O)[C@]1(C)CC[C@]2(C)CC[C@]3(C)C4=CC=C5C(=CC(=O)C(O)=C5C)[C@]4(C)CC[C@@]3(C)[C@@H]2C1. The lowest BCUT2D eigenvalue weighted by Gasteiger charge is -2.70. The maximum atomic E-state index is 13.9.